The zero-order valence-corrected chi connectivity index (χ0v) is 23.0. The van der Waals surface area contributed by atoms with Crippen molar-refractivity contribution in [1.29, 1.82) is 0 Å². The third kappa shape index (κ3) is 7.35. The van der Waals surface area contributed by atoms with Crippen LogP contribution in [0.15, 0.2) is 54.6 Å². The Morgan fingerprint density at radius 2 is 1.73 bits per heavy atom. The highest BCUT2D eigenvalue weighted by molar-refractivity contribution is 5.97. The fourth-order valence-electron chi connectivity index (χ4n) is 3.88. The zero-order chi connectivity index (χ0) is 27.2. The number of amides is 3. The second-order valence-corrected chi connectivity index (χ2v) is 10.5. The smallest absolute Gasteiger partial charge is 0.322 e. The first kappa shape index (κ1) is 27.8. The Balaban J connectivity index is 1.83. The monoisotopic (exact) mass is 505 g/mol. The standard InChI is InChI=1S/C29H39N5O3/c1-8-37-24-16-12-10-14-22(24)30-28(36)33(18-20(2)3)19-27(35)31-26-17-25(29(5,6)7)32-34(26)23-15-11-9-13-21(23)4/h9-17,20H,8,18-19H2,1-7H3,(H,30,36)(H,31,35). The second kappa shape index (κ2) is 12.0. The number of nitrogens with zero attached hydrogens (tertiary/aromatic N) is 3. The van der Waals surface area contributed by atoms with Gasteiger partial charge in [-0.2, -0.15) is 5.10 Å². The van der Waals surface area contributed by atoms with Gasteiger partial charge in [-0.3, -0.25) is 4.79 Å². The number of nitrogens with one attached hydrogen (secondary N) is 2. The van der Waals surface area contributed by atoms with Crippen molar-refractivity contribution < 1.29 is 14.3 Å². The van der Waals surface area contributed by atoms with E-state index >= 15 is 0 Å². The highest BCUT2D eigenvalue weighted by Crippen LogP contribution is 2.28. The van der Waals surface area contributed by atoms with Crippen LogP contribution in [0.1, 0.15) is 52.8 Å². The number of rotatable bonds is 9. The van der Waals surface area contributed by atoms with Gasteiger partial charge in [0, 0.05) is 18.0 Å². The molecule has 37 heavy (non-hydrogen) atoms. The van der Waals surface area contributed by atoms with E-state index in [0.29, 0.717) is 30.4 Å². The molecule has 3 amide bonds. The number of hydrogen-bond donors (Lipinski definition) is 2. The van der Waals surface area contributed by atoms with Crippen LogP contribution < -0.4 is 15.4 Å². The topological polar surface area (TPSA) is 88.5 Å². The number of para-hydroxylation sites is 3. The van der Waals surface area contributed by atoms with Gasteiger partial charge in [0.1, 0.15) is 18.1 Å². The van der Waals surface area contributed by atoms with Crippen molar-refractivity contribution in [2.75, 3.05) is 30.3 Å². The summed E-state index contributed by atoms with van der Waals surface area (Å²) in [5.41, 5.74) is 3.14. The second-order valence-electron chi connectivity index (χ2n) is 10.5. The quantitative estimate of drug-likeness (QED) is 0.373. The lowest BCUT2D eigenvalue weighted by Gasteiger charge is -2.25. The van der Waals surface area contributed by atoms with E-state index in [1.54, 1.807) is 16.8 Å². The van der Waals surface area contributed by atoms with Crippen molar-refractivity contribution >= 4 is 23.4 Å². The van der Waals surface area contributed by atoms with Gasteiger partial charge in [-0.05, 0) is 43.5 Å². The molecular weight excluding hydrogens is 466 g/mol. The maximum atomic E-state index is 13.3. The molecule has 0 aliphatic rings. The van der Waals surface area contributed by atoms with Gasteiger partial charge in [-0.1, -0.05) is 65.0 Å². The van der Waals surface area contributed by atoms with E-state index in [-0.39, 0.29) is 29.8 Å². The summed E-state index contributed by atoms with van der Waals surface area (Å²) in [6.07, 6.45) is 0. The third-order valence-electron chi connectivity index (χ3n) is 5.72. The summed E-state index contributed by atoms with van der Waals surface area (Å²) < 4.78 is 7.39. The van der Waals surface area contributed by atoms with Crippen LogP contribution in [0.4, 0.5) is 16.3 Å². The van der Waals surface area contributed by atoms with Crippen molar-refractivity contribution in [3.8, 4) is 11.4 Å². The van der Waals surface area contributed by atoms with Gasteiger partial charge in [0.2, 0.25) is 5.91 Å². The van der Waals surface area contributed by atoms with Crippen LogP contribution in [0.3, 0.4) is 0 Å². The van der Waals surface area contributed by atoms with Crippen molar-refractivity contribution in [2.45, 2.75) is 53.9 Å². The fourth-order valence-corrected chi connectivity index (χ4v) is 3.88. The lowest BCUT2D eigenvalue weighted by Crippen LogP contribution is -2.42. The Morgan fingerprint density at radius 3 is 2.38 bits per heavy atom. The maximum absolute atomic E-state index is 13.3. The molecule has 0 saturated carbocycles. The number of carbonyl (C=O) groups is 2. The number of urea groups is 1. The number of carbonyl (C=O) groups excluding carboxylic acids is 2. The number of hydrogen-bond acceptors (Lipinski definition) is 4. The first-order valence-corrected chi connectivity index (χ1v) is 12.7. The predicted octanol–water partition coefficient (Wildman–Crippen LogP) is 6.01. The maximum Gasteiger partial charge on any atom is 0.322 e. The minimum atomic E-state index is -0.362. The van der Waals surface area contributed by atoms with E-state index in [4.69, 9.17) is 9.84 Å². The van der Waals surface area contributed by atoms with Crippen LogP contribution in [-0.4, -0.2) is 46.3 Å². The van der Waals surface area contributed by atoms with Gasteiger partial charge >= 0.3 is 6.03 Å². The molecule has 0 bridgehead atoms. The molecule has 2 N–H and O–H groups in total. The van der Waals surface area contributed by atoms with Crippen LogP contribution in [0.5, 0.6) is 5.75 Å². The number of benzene rings is 2. The molecule has 0 aliphatic carbocycles. The summed E-state index contributed by atoms with van der Waals surface area (Å²) in [5.74, 6) is 1.02. The largest absolute Gasteiger partial charge is 0.492 e. The molecule has 8 nitrogen and oxygen atoms in total. The lowest BCUT2D eigenvalue weighted by atomic mass is 9.92. The molecule has 0 saturated heterocycles. The molecule has 198 valence electrons. The van der Waals surface area contributed by atoms with Gasteiger partial charge < -0.3 is 20.3 Å². The van der Waals surface area contributed by atoms with Crippen molar-refractivity contribution in [2.24, 2.45) is 5.92 Å². The molecule has 0 atom stereocenters. The number of anilines is 2. The highest BCUT2D eigenvalue weighted by Gasteiger charge is 2.24. The molecule has 0 spiro atoms. The summed E-state index contributed by atoms with van der Waals surface area (Å²) in [6.45, 7) is 15.0. The van der Waals surface area contributed by atoms with Gasteiger partial charge in [0.05, 0.1) is 23.7 Å². The van der Waals surface area contributed by atoms with Crippen LogP contribution >= 0.6 is 0 Å². The summed E-state index contributed by atoms with van der Waals surface area (Å²) in [7, 11) is 0. The fraction of sp³-hybridized carbons (Fsp3) is 0.414. The molecule has 3 rings (SSSR count). The molecule has 3 aromatic rings. The molecule has 1 aromatic heterocycles. The molecular formula is C29H39N5O3. The number of ether oxygens (including phenoxy) is 1. The Labute approximate surface area is 220 Å². The normalized spacial score (nSPS) is 11.4. The molecule has 0 aliphatic heterocycles. The average molecular weight is 506 g/mol. The van der Waals surface area contributed by atoms with Crippen molar-refractivity contribution in [3.63, 3.8) is 0 Å². The van der Waals surface area contributed by atoms with Gasteiger partial charge in [-0.25, -0.2) is 9.48 Å². The minimum Gasteiger partial charge on any atom is -0.492 e. The molecule has 2 aromatic carbocycles. The van der Waals surface area contributed by atoms with Crippen LogP contribution in [0.2, 0.25) is 0 Å². The summed E-state index contributed by atoms with van der Waals surface area (Å²) >= 11 is 0. The van der Waals surface area contributed by atoms with E-state index in [1.165, 1.54) is 4.90 Å². The third-order valence-corrected chi connectivity index (χ3v) is 5.72. The summed E-state index contributed by atoms with van der Waals surface area (Å²) in [6, 6.07) is 16.7. The SMILES string of the molecule is CCOc1ccccc1NC(=O)N(CC(=O)Nc1cc(C(C)(C)C)nn1-c1ccccc1C)CC(C)C. The van der Waals surface area contributed by atoms with Crippen LogP contribution in [0, 0.1) is 12.8 Å². The summed E-state index contributed by atoms with van der Waals surface area (Å²) in [5, 5.41) is 10.7. The summed E-state index contributed by atoms with van der Waals surface area (Å²) in [4.78, 5) is 28.0. The lowest BCUT2D eigenvalue weighted by molar-refractivity contribution is -0.116. The predicted molar refractivity (Wildman–Crippen MR) is 149 cm³/mol. The molecule has 1 heterocycles. The Morgan fingerprint density at radius 1 is 1.05 bits per heavy atom. The van der Waals surface area contributed by atoms with E-state index in [9.17, 15) is 9.59 Å². The Kier molecular flexibility index (Phi) is 8.97. The van der Waals surface area contributed by atoms with Crippen molar-refractivity contribution in [1.82, 2.24) is 14.7 Å². The number of aromatic nitrogens is 2. The van der Waals surface area contributed by atoms with E-state index in [1.807, 2.05) is 70.2 Å². The van der Waals surface area contributed by atoms with Crippen LogP contribution in [0.25, 0.3) is 5.69 Å². The minimum absolute atomic E-state index is 0.107. The first-order chi connectivity index (χ1) is 17.5. The van der Waals surface area contributed by atoms with E-state index in [0.717, 1.165) is 16.9 Å². The van der Waals surface area contributed by atoms with Gasteiger partial charge in [0.25, 0.3) is 0 Å². The first-order valence-electron chi connectivity index (χ1n) is 12.7. The van der Waals surface area contributed by atoms with Crippen LogP contribution in [-0.2, 0) is 10.2 Å². The number of aryl methyl sites for hydroxylation is 1. The average Bonchev–Trinajstić information content (AvgIpc) is 3.24. The Bertz CT molecular complexity index is 1230. The molecule has 0 fully saturated rings. The zero-order valence-electron chi connectivity index (χ0n) is 23.0. The van der Waals surface area contributed by atoms with E-state index < -0.39 is 0 Å². The highest BCUT2D eigenvalue weighted by atomic mass is 16.5. The van der Waals surface area contributed by atoms with Crippen molar-refractivity contribution in [3.05, 3.63) is 65.9 Å². The molecule has 0 radical (unpaired) electrons. The molecule has 0 unspecified atom stereocenters. The molecule has 8 heteroatoms. The van der Waals surface area contributed by atoms with Gasteiger partial charge in [0.15, 0.2) is 0 Å². The Hall–Kier alpha value is -3.81. The van der Waals surface area contributed by atoms with Gasteiger partial charge in [-0.15, -0.1) is 0 Å². The van der Waals surface area contributed by atoms with E-state index in [2.05, 4.69) is 31.4 Å².